The van der Waals surface area contributed by atoms with Crippen molar-refractivity contribution in [1.82, 2.24) is 14.8 Å². The maximum Gasteiger partial charge on any atom is 0.232 e. The Balaban J connectivity index is 1.58. The van der Waals surface area contributed by atoms with Gasteiger partial charge in [0.1, 0.15) is 11.6 Å². The van der Waals surface area contributed by atoms with Gasteiger partial charge < -0.3 is 9.88 Å². The summed E-state index contributed by atoms with van der Waals surface area (Å²) in [6.45, 7) is 0. The highest BCUT2D eigenvalue weighted by atomic mass is 35.5. The summed E-state index contributed by atoms with van der Waals surface area (Å²) >= 11 is 6.91. The molecule has 3 rings (SSSR count). The van der Waals surface area contributed by atoms with Crippen LogP contribution in [-0.2, 0) is 18.3 Å². The Morgan fingerprint density at radius 3 is 2.63 bits per heavy atom. The SMILES string of the molecule is Cn1c(CC(=O)Nc2ccc(F)c(Cl)c2)nnc1SCC(=O)c1ccc(C#N)cc1. The molecular weight excluding hydrogens is 429 g/mol. The lowest BCUT2D eigenvalue weighted by Gasteiger charge is -2.06. The van der Waals surface area contributed by atoms with E-state index in [2.05, 4.69) is 15.5 Å². The minimum absolute atomic E-state index is 0.0530. The number of hydrogen-bond donors (Lipinski definition) is 1. The lowest BCUT2D eigenvalue weighted by Crippen LogP contribution is -2.17. The second kappa shape index (κ2) is 9.52. The third-order valence-corrected chi connectivity index (χ3v) is 5.43. The van der Waals surface area contributed by atoms with Gasteiger partial charge in [0.2, 0.25) is 5.91 Å². The summed E-state index contributed by atoms with van der Waals surface area (Å²) in [7, 11) is 1.70. The lowest BCUT2D eigenvalue weighted by molar-refractivity contribution is -0.115. The van der Waals surface area contributed by atoms with Crippen LogP contribution >= 0.6 is 23.4 Å². The van der Waals surface area contributed by atoms with Crippen LogP contribution in [0.15, 0.2) is 47.6 Å². The number of halogens is 2. The zero-order valence-corrected chi connectivity index (χ0v) is 17.3. The lowest BCUT2D eigenvalue weighted by atomic mass is 10.1. The number of Topliss-reactive ketones (excluding diaryl/α,β-unsaturated/α-hetero) is 1. The molecule has 0 fully saturated rings. The Bertz CT molecular complexity index is 1140. The van der Waals surface area contributed by atoms with Gasteiger partial charge in [-0.05, 0) is 30.3 Å². The minimum atomic E-state index is -0.569. The molecule has 1 heterocycles. The van der Waals surface area contributed by atoms with E-state index in [-0.39, 0.29) is 28.9 Å². The summed E-state index contributed by atoms with van der Waals surface area (Å²) < 4.78 is 14.8. The smallest absolute Gasteiger partial charge is 0.232 e. The van der Waals surface area contributed by atoms with Gasteiger partial charge in [-0.3, -0.25) is 9.59 Å². The van der Waals surface area contributed by atoms with Crippen molar-refractivity contribution in [3.63, 3.8) is 0 Å². The number of aromatic nitrogens is 3. The maximum atomic E-state index is 13.2. The number of nitriles is 1. The molecule has 0 aliphatic carbocycles. The normalized spacial score (nSPS) is 10.5. The number of benzene rings is 2. The summed E-state index contributed by atoms with van der Waals surface area (Å²) in [6, 6.07) is 12.3. The molecule has 0 aliphatic heterocycles. The van der Waals surface area contributed by atoms with Crippen molar-refractivity contribution in [1.29, 1.82) is 5.26 Å². The van der Waals surface area contributed by atoms with Crippen molar-refractivity contribution in [2.75, 3.05) is 11.1 Å². The van der Waals surface area contributed by atoms with Crippen LogP contribution in [0, 0.1) is 17.1 Å². The van der Waals surface area contributed by atoms with Crippen LogP contribution in [0.2, 0.25) is 5.02 Å². The zero-order valence-electron chi connectivity index (χ0n) is 15.7. The second-order valence-corrected chi connectivity index (χ2v) is 7.56. The van der Waals surface area contributed by atoms with E-state index in [9.17, 15) is 14.0 Å². The van der Waals surface area contributed by atoms with E-state index in [0.29, 0.717) is 27.8 Å². The van der Waals surface area contributed by atoms with E-state index in [4.69, 9.17) is 16.9 Å². The summed E-state index contributed by atoms with van der Waals surface area (Å²) in [6.07, 6.45) is -0.0530. The first kappa shape index (κ1) is 21.5. The van der Waals surface area contributed by atoms with E-state index < -0.39 is 5.82 Å². The molecule has 3 aromatic rings. The van der Waals surface area contributed by atoms with Gasteiger partial charge in [0, 0.05) is 18.3 Å². The molecule has 1 N–H and O–H groups in total. The summed E-state index contributed by atoms with van der Waals surface area (Å²) in [5, 5.41) is 19.9. The third-order valence-electron chi connectivity index (χ3n) is 4.12. The van der Waals surface area contributed by atoms with Crippen molar-refractivity contribution in [2.45, 2.75) is 11.6 Å². The Morgan fingerprint density at radius 1 is 1.23 bits per heavy atom. The number of carbonyl (C=O) groups excluding carboxylic acids is 2. The predicted octanol–water partition coefficient (Wildman–Crippen LogP) is 3.64. The number of nitrogens with zero attached hydrogens (tertiary/aromatic N) is 4. The Labute approximate surface area is 180 Å². The van der Waals surface area contributed by atoms with Crippen molar-refractivity contribution < 1.29 is 14.0 Å². The fourth-order valence-electron chi connectivity index (χ4n) is 2.49. The molecule has 0 saturated carbocycles. The molecule has 152 valence electrons. The molecule has 30 heavy (non-hydrogen) atoms. The first-order chi connectivity index (χ1) is 14.4. The first-order valence-electron chi connectivity index (χ1n) is 8.66. The quantitative estimate of drug-likeness (QED) is 0.442. The maximum absolute atomic E-state index is 13.2. The largest absolute Gasteiger partial charge is 0.326 e. The van der Waals surface area contributed by atoms with E-state index >= 15 is 0 Å². The van der Waals surface area contributed by atoms with E-state index in [1.165, 1.54) is 30.0 Å². The average Bonchev–Trinajstić information content (AvgIpc) is 3.08. The molecule has 0 atom stereocenters. The van der Waals surface area contributed by atoms with Gasteiger partial charge in [0.05, 0.1) is 28.8 Å². The number of anilines is 1. The molecule has 2 aromatic carbocycles. The highest BCUT2D eigenvalue weighted by Crippen LogP contribution is 2.20. The Hall–Kier alpha value is -3.22. The van der Waals surface area contributed by atoms with Gasteiger partial charge in [0.25, 0.3) is 0 Å². The Kier molecular flexibility index (Phi) is 6.82. The zero-order chi connectivity index (χ0) is 21.7. The number of ketones is 1. The molecule has 0 unspecified atom stereocenters. The van der Waals surface area contributed by atoms with E-state index in [1.54, 1.807) is 35.9 Å². The summed E-state index contributed by atoms with van der Waals surface area (Å²) in [4.78, 5) is 24.5. The predicted molar refractivity (Wildman–Crippen MR) is 111 cm³/mol. The van der Waals surface area contributed by atoms with E-state index in [1.807, 2.05) is 6.07 Å². The fraction of sp³-hybridized carbons (Fsp3) is 0.150. The molecule has 0 saturated heterocycles. The number of carbonyl (C=O) groups is 2. The average molecular weight is 444 g/mol. The molecule has 0 radical (unpaired) electrons. The van der Waals surface area contributed by atoms with Crippen LogP contribution in [0.3, 0.4) is 0 Å². The van der Waals surface area contributed by atoms with Crippen LogP contribution in [0.25, 0.3) is 0 Å². The number of nitrogens with one attached hydrogen (secondary N) is 1. The topological polar surface area (TPSA) is 101 Å². The molecule has 10 heteroatoms. The van der Waals surface area contributed by atoms with Gasteiger partial charge in [-0.1, -0.05) is 35.5 Å². The molecule has 7 nitrogen and oxygen atoms in total. The van der Waals surface area contributed by atoms with Crippen molar-refractivity contribution in [3.05, 3.63) is 70.3 Å². The molecular formula is C20H15ClFN5O2S. The molecule has 0 spiro atoms. The van der Waals surface area contributed by atoms with Gasteiger partial charge >= 0.3 is 0 Å². The van der Waals surface area contributed by atoms with Crippen molar-refractivity contribution >= 4 is 40.7 Å². The number of hydrogen-bond acceptors (Lipinski definition) is 6. The highest BCUT2D eigenvalue weighted by Gasteiger charge is 2.15. The van der Waals surface area contributed by atoms with Gasteiger partial charge in [-0.25, -0.2) is 4.39 Å². The molecule has 0 bridgehead atoms. The van der Waals surface area contributed by atoms with Crippen LogP contribution in [-0.4, -0.2) is 32.2 Å². The fourth-order valence-corrected chi connectivity index (χ4v) is 3.50. The van der Waals surface area contributed by atoms with Crippen LogP contribution in [0.4, 0.5) is 10.1 Å². The Morgan fingerprint density at radius 2 is 1.97 bits per heavy atom. The van der Waals surface area contributed by atoms with Crippen LogP contribution < -0.4 is 5.32 Å². The second-order valence-electron chi connectivity index (χ2n) is 6.21. The highest BCUT2D eigenvalue weighted by molar-refractivity contribution is 7.99. The van der Waals surface area contributed by atoms with Gasteiger partial charge in [0.15, 0.2) is 10.9 Å². The standard InChI is InChI=1S/C20H15ClFN5O2S/c1-27-18(9-19(29)24-14-6-7-16(22)15(21)8-14)25-26-20(27)30-11-17(28)13-4-2-12(10-23)3-5-13/h2-8H,9,11H2,1H3,(H,24,29). The first-order valence-corrected chi connectivity index (χ1v) is 10.0. The van der Waals surface area contributed by atoms with E-state index in [0.717, 1.165) is 0 Å². The van der Waals surface area contributed by atoms with Gasteiger partial charge in [-0.15, -0.1) is 10.2 Å². The summed E-state index contributed by atoms with van der Waals surface area (Å²) in [5.74, 6) is -0.495. The molecule has 0 aliphatic rings. The molecule has 1 amide bonds. The summed E-state index contributed by atoms with van der Waals surface area (Å²) in [5.41, 5.74) is 1.36. The third kappa shape index (κ3) is 5.23. The number of amides is 1. The van der Waals surface area contributed by atoms with Crippen LogP contribution in [0.1, 0.15) is 21.7 Å². The van der Waals surface area contributed by atoms with Crippen molar-refractivity contribution in [2.24, 2.45) is 7.05 Å². The van der Waals surface area contributed by atoms with Crippen LogP contribution in [0.5, 0.6) is 0 Å². The monoisotopic (exact) mass is 443 g/mol. The number of thioether (sulfide) groups is 1. The van der Waals surface area contributed by atoms with Crippen molar-refractivity contribution in [3.8, 4) is 6.07 Å². The van der Waals surface area contributed by atoms with Gasteiger partial charge in [-0.2, -0.15) is 5.26 Å². The molecule has 1 aromatic heterocycles. The minimum Gasteiger partial charge on any atom is -0.326 e. The number of rotatable bonds is 7.